The standard InChI is InChI=1S/C21H44O2/c1-7-12-13-14-15-16-19-21(17-8-2,18-9-3)20(6,22-10-4)23-11-5/h7-19H2,1-6H3. The molecule has 0 heterocycles. The van der Waals surface area contributed by atoms with Gasteiger partial charge in [0.2, 0.25) is 0 Å². The third kappa shape index (κ3) is 7.56. The van der Waals surface area contributed by atoms with Crippen molar-refractivity contribution in [3.8, 4) is 0 Å². The minimum absolute atomic E-state index is 0.160. The SMILES string of the molecule is CCCCCCCCC(CCC)(CCC)C(C)(OCC)OCC. The van der Waals surface area contributed by atoms with E-state index in [-0.39, 0.29) is 5.41 Å². The van der Waals surface area contributed by atoms with Gasteiger partial charge in [0.1, 0.15) is 0 Å². The van der Waals surface area contributed by atoms with Gasteiger partial charge in [-0.25, -0.2) is 0 Å². The maximum Gasteiger partial charge on any atom is 0.170 e. The molecule has 0 aromatic carbocycles. The molecule has 0 radical (unpaired) electrons. The monoisotopic (exact) mass is 328 g/mol. The van der Waals surface area contributed by atoms with Gasteiger partial charge in [0.25, 0.3) is 0 Å². The maximum absolute atomic E-state index is 6.21. The molecule has 0 amide bonds. The second kappa shape index (κ2) is 13.2. The van der Waals surface area contributed by atoms with E-state index in [4.69, 9.17) is 9.47 Å². The molecular formula is C21H44O2. The predicted octanol–water partition coefficient (Wildman–Crippen LogP) is 7.11. The number of hydrogen-bond acceptors (Lipinski definition) is 2. The Labute approximate surface area is 146 Å². The fourth-order valence-corrected chi connectivity index (χ4v) is 4.16. The Hall–Kier alpha value is -0.0800. The topological polar surface area (TPSA) is 18.5 Å². The first-order valence-electron chi connectivity index (χ1n) is 10.3. The molecule has 0 unspecified atom stereocenters. The van der Waals surface area contributed by atoms with Gasteiger partial charge in [0, 0.05) is 18.6 Å². The molecule has 2 heteroatoms. The van der Waals surface area contributed by atoms with Crippen LogP contribution in [0, 0.1) is 5.41 Å². The van der Waals surface area contributed by atoms with Crippen molar-refractivity contribution in [3.05, 3.63) is 0 Å². The van der Waals surface area contributed by atoms with E-state index < -0.39 is 5.79 Å². The Morgan fingerprint density at radius 3 is 1.48 bits per heavy atom. The smallest absolute Gasteiger partial charge is 0.170 e. The molecule has 0 saturated heterocycles. The first-order chi connectivity index (χ1) is 11.1. The van der Waals surface area contributed by atoms with Crippen LogP contribution in [0.3, 0.4) is 0 Å². The van der Waals surface area contributed by atoms with Crippen LogP contribution in [-0.4, -0.2) is 19.0 Å². The van der Waals surface area contributed by atoms with Crippen molar-refractivity contribution < 1.29 is 9.47 Å². The van der Waals surface area contributed by atoms with Crippen molar-refractivity contribution in [2.45, 2.75) is 118 Å². The lowest BCUT2D eigenvalue weighted by atomic mass is 9.69. The van der Waals surface area contributed by atoms with E-state index in [9.17, 15) is 0 Å². The summed E-state index contributed by atoms with van der Waals surface area (Å²) in [5.74, 6) is -0.439. The molecule has 0 aromatic rings. The van der Waals surface area contributed by atoms with Gasteiger partial charge < -0.3 is 9.47 Å². The molecule has 0 N–H and O–H groups in total. The summed E-state index contributed by atoms with van der Waals surface area (Å²) in [5.41, 5.74) is 0.160. The quantitative estimate of drug-likeness (QED) is 0.222. The molecule has 2 nitrogen and oxygen atoms in total. The fourth-order valence-electron chi connectivity index (χ4n) is 4.16. The van der Waals surface area contributed by atoms with Crippen LogP contribution in [0.1, 0.15) is 112 Å². The average Bonchev–Trinajstić information content (AvgIpc) is 2.51. The Balaban J connectivity index is 4.96. The Morgan fingerprint density at radius 1 is 0.565 bits per heavy atom. The zero-order valence-corrected chi connectivity index (χ0v) is 17.0. The van der Waals surface area contributed by atoms with Gasteiger partial charge in [0.15, 0.2) is 5.79 Å². The van der Waals surface area contributed by atoms with Crippen molar-refractivity contribution in [2.24, 2.45) is 5.41 Å². The highest BCUT2D eigenvalue weighted by Gasteiger charge is 2.48. The molecule has 0 bridgehead atoms. The maximum atomic E-state index is 6.21. The molecule has 0 aliphatic carbocycles. The molecule has 0 atom stereocenters. The molecule has 23 heavy (non-hydrogen) atoms. The van der Waals surface area contributed by atoms with Crippen LogP contribution >= 0.6 is 0 Å². The van der Waals surface area contributed by atoms with Crippen molar-refractivity contribution in [2.75, 3.05) is 13.2 Å². The number of unbranched alkanes of at least 4 members (excludes halogenated alkanes) is 5. The Kier molecular flexibility index (Phi) is 13.2. The summed E-state index contributed by atoms with van der Waals surface area (Å²) in [6.07, 6.45) is 14.2. The van der Waals surface area contributed by atoms with Crippen molar-refractivity contribution in [3.63, 3.8) is 0 Å². The lowest BCUT2D eigenvalue weighted by Crippen LogP contribution is -2.50. The summed E-state index contributed by atoms with van der Waals surface area (Å²) < 4.78 is 12.4. The van der Waals surface area contributed by atoms with Gasteiger partial charge >= 0.3 is 0 Å². The minimum Gasteiger partial charge on any atom is -0.350 e. The fraction of sp³-hybridized carbons (Fsp3) is 1.00. The molecule has 0 saturated carbocycles. The Morgan fingerprint density at radius 2 is 1.04 bits per heavy atom. The summed E-state index contributed by atoms with van der Waals surface area (Å²) in [4.78, 5) is 0. The van der Waals surface area contributed by atoms with E-state index >= 15 is 0 Å². The van der Waals surface area contributed by atoms with Gasteiger partial charge in [-0.3, -0.25) is 0 Å². The average molecular weight is 329 g/mol. The largest absolute Gasteiger partial charge is 0.350 e. The van der Waals surface area contributed by atoms with Crippen molar-refractivity contribution in [1.29, 1.82) is 0 Å². The van der Waals surface area contributed by atoms with E-state index in [1.54, 1.807) is 0 Å². The zero-order valence-electron chi connectivity index (χ0n) is 17.0. The van der Waals surface area contributed by atoms with E-state index in [2.05, 4.69) is 41.5 Å². The molecular weight excluding hydrogens is 284 g/mol. The van der Waals surface area contributed by atoms with Gasteiger partial charge in [0.05, 0.1) is 0 Å². The molecule has 0 aromatic heterocycles. The molecule has 0 rings (SSSR count). The predicted molar refractivity (Wildman–Crippen MR) is 102 cm³/mol. The lowest BCUT2D eigenvalue weighted by molar-refractivity contribution is -0.292. The van der Waals surface area contributed by atoms with E-state index in [1.165, 1.54) is 70.6 Å². The van der Waals surface area contributed by atoms with E-state index in [0.717, 1.165) is 13.2 Å². The molecule has 0 aliphatic heterocycles. The summed E-state index contributed by atoms with van der Waals surface area (Å²) in [6, 6.07) is 0. The number of hydrogen-bond donors (Lipinski definition) is 0. The summed E-state index contributed by atoms with van der Waals surface area (Å²) in [6.45, 7) is 14.7. The van der Waals surface area contributed by atoms with Crippen LogP contribution in [-0.2, 0) is 9.47 Å². The van der Waals surface area contributed by atoms with Crippen LogP contribution in [0.4, 0.5) is 0 Å². The normalized spacial score (nSPS) is 12.8. The second-order valence-electron chi connectivity index (χ2n) is 7.11. The van der Waals surface area contributed by atoms with Crippen LogP contribution in [0.25, 0.3) is 0 Å². The minimum atomic E-state index is -0.439. The van der Waals surface area contributed by atoms with E-state index in [0.29, 0.717) is 0 Å². The third-order valence-electron chi connectivity index (χ3n) is 5.27. The van der Waals surface area contributed by atoms with Crippen molar-refractivity contribution >= 4 is 0 Å². The molecule has 0 fully saturated rings. The number of rotatable bonds is 16. The highest BCUT2D eigenvalue weighted by molar-refractivity contribution is 4.91. The van der Waals surface area contributed by atoms with Crippen LogP contribution in [0.15, 0.2) is 0 Å². The van der Waals surface area contributed by atoms with Gasteiger partial charge in [-0.2, -0.15) is 0 Å². The molecule has 0 spiro atoms. The lowest BCUT2D eigenvalue weighted by Gasteiger charge is -2.48. The van der Waals surface area contributed by atoms with Gasteiger partial charge in [-0.15, -0.1) is 0 Å². The first-order valence-corrected chi connectivity index (χ1v) is 10.3. The molecule has 140 valence electrons. The summed E-state index contributed by atoms with van der Waals surface area (Å²) >= 11 is 0. The zero-order chi connectivity index (χ0) is 17.6. The highest BCUT2D eigenvalue weighted by atomic mass is 16.7. The van der Waals surface area contributed by atoms with Crippen molar-refractivity contribution in [1.82, 2.24) is 0 Å². The molecule has 0 aliphatic rings. The first kappa shape index (κ1) is 22.9. The summed E-state index contributed by atoms with van der Waals surface area (Å²) in [7, 11) is 0. The summed E-state index contributed by atoms with van der Waals surface area (Å²) in [5, 5.41) is 0. The second-order valence-corrected chi connectivity index (χ2v) is 7.11. The Bertz CT molecular complexity index is 251. The third-order valence-corrected chi connectivity index (χ3v) is 5.27. The highest BCUT2D eigenvalue weighted by Crippen LogP contribution is 2.48. The van der Waals surface area contributed by atoms with E-state index in [1.807, 2.05) is 0 Å². The van der Waals surface area contributed by atoms with Gasteiger partial charge in [-0.1, -0.05) is 72.1 Å². The van der Waals surface area contributed by atoms with Crippen LogP contribution in [0.5, 0.6) is 0 Å². The van der Waals surface area contributed by atoms with Crippen LogP contribution < -0.4 is 0 Å². The van der Waals surface area contributed by atoms with Gasteiger partial charge in [-0.05, 0) is 40.0 Å². The number of ether oxygens (including phenoxy) is 2. The van der Waals surface area contributed by atoms with Crippen LogP contribution in [0.2, 0.25) is 0 Å².